The molecule has 6 saturated heterocycles. The number of fused-ring (bicyclic) bond motifs is 4. The first-order chi connectivity index (χ1) is 40.4. The second-order valence-electron chi connectivity index (χ2n) is 23.7. The minimum absolute atomic E-state index is 0.0722. The van der Waals surface area contributed by atoms with Crippen molar-refractivity contribution in [3.8, 4) is 27.4 Å². The fourth-order valence-corrected chi connectivity index (χ4v) is 14.5. The summed E-state index contributed by atoms with van der Waals surface area (Å²) in [5.41, 5.74) is 7.08. The lowest BCUT2D eigenvalue weighted by Crippen LogP contribution is -2.51. The fraction of sp³-hybridized carbons (Fsp3) is 0.523. The maximum Gasteiger partial charge on any atom is 0.243 e. The average molecular weight is 1150 g/mol. The number of piperazine rings is 1. The van der Waals surface area contributed by atoms with E-state index < -0.39 is 11.9 Å². The van der Waals surface area contributed by atoms with Gasteiger partial charge in [0, 0.05) is 81.8 Å². The Hall–Kier alpha value is -6.76. The molecule has 18 heteroatoms. The molecule has 0 radical (unpaired) electrons. The van der Waals surface area contributed by atoms with Crippen molar-refractivity contribution < 1.29 is 23.6 Å². The normalized spacial score (nSPS) is 21.4. The first kappa shape index (κ1) is 58.0. The molecule has 6 fully saturated rings. The van der Waals surface area contributed by atoms with Crippen LogP contribution in [0.3, 0.4) is 0 Å². The van der Waals surface area contributed by atoms with Crippen LogP contribution < -0.4 is 25.3 Å². The molecule has 13 rings (SSSR count). The van der Waals surface area contributed by atoms with Crippen LogP contribution in [-0.4, -0.2) is 135 Å². The Balaban J connectivity index is 0.00000140. The summed E-state index contributed by atoms with van der Waals surface area (Å²) < 4.78 is 23.1. The van der Waals surface area contributed by atoms with E-state index in [1.165, 1.54) is 12.8 Å². The molecule has 83 heavy (non-hydrogen) atoms. The Bertz CT molecular complexity index is 3380. The number of pyridine rings is 1. The molecule has 10 heterocycles. The molecule has 16 nitrogen and oxygen atoms in total. The largest absolute Gasteiger partial charge is 0.508 e. The molecule has 6 aliphatic heterocycles. The number of benzene rings is 3. The monoisotopic (exact) mass is 1150 g/mol. The van der Waals surface area contributed by atoms with Crippen LogP contribution in [0.5, 0.6) is 5.75 Å². The standard InChI is InChI=1S/C60H69FN12O4S.C3H8.C2H6/c1-4-39-7-5-8-42-24-46(74)25-48(53(39)42)55-54(61)56-49(28-62-55)58(72-31-43-14-15-44(32-72)65-43)67-60(66-56)70-22-18-45(33-70)69-20-16-37(17-21-69)23-38-29-71(30-38)51-26-47(77-68-51)27-52(75)73-19-6-9-50(73)59(76)64-35(2)40-10-12-41(13-11-40)57-36(3)63-34-78-57;1-3-2;1-2/h5,7-8,10-13,24-26,28,34-35,37-38,43-45,50,65,74H,4,6,9,14-23,27,29-33H2,1-3H3,(H,64,76);3H2,1-2H3;1-2H3. The number of nitrogens with one attached hydrogen (secondary N) is 2. The van der Waals surface area contributed by atoms with Gasteiger partial charge in [0.1, 0.15) is 34.6 Å². The fourth-order valence-electron chi connectivity index (χ4n) is 13.7. The van der Waals surface area contributed by atoms with E-state index in [-0.39, 0.29) is 41.2 Å². The maximum absolute atomic E-state index is 17.4. The molecule has 2 bridgehead atoms. The van der Waals surface area contributed by atoms with Crippen molar-refractivity contribution in [3.63, 3.8) is 0 Å². The van der Waals surface area contributed by atoms with Gasteiger partial charge in [-0.3, -0.25) is 19.5 Å². The van der Waals surface area contributed by atoms with Gasteiger partial charge in [0.25, 0.3) is 0 Å². The number of halogens is 1. The van der Waals surface area contributed by atoms with E-state index in [2.05, 4.69) is 79.3 Å². The van der Waals surface area contributed by atoms with E-state index in [0.717, 1.165) is 147 Å². The molecule has 0 saturated carbocycles. The van der Waals surface area contributed by atoms with E-state index in [9.17, 15) is 14.7 Å². The number of phenols is 1. The van der Waals surface area contributed by atoms with Gasteiger partial charge >= 0.3 is 0 Å². The summed E-state index contributed by atoms with van der Waals surface area (Å²) in [6.45, 7) is 22.0. The third-order valence-electron chi connectivity index (χ3n) is 17.9. The highest BCUT2D eigenvalue weighted by Gasteiger charge is 2.39. The number of anilines is 3. The minimum atomic E-state index is -0.511. The highest BCUT2D eigenvalue weighted by Crippen LogP contribution is 2.41. The van der Waals surface area contributed by atoms with Crippen LogP contribution >= 0.6 is 11.3 Å². The van der Waals surface area contributed by atoms with Gasteiger partial charge in [-0.1, -0.05) is 88.7 Å². The van der Waals surface area contributed by atoms with Crippen LogP contribution in [0, 0.1) is 24.6 Å². The number of amides is 2. The van der Waals surface area contributed by atoms with Gasteiger partial charge in [0.15, 0.2) is 11.6 Å². The first-order valence-electron chi connectivity index (χ1n) is 30.8. The number of thiazole rings is 1. The summed E-state index contributed by atoms with van der Waals surface area (Å²) in [6.07, 6.45) is 12.0. The van der Waals surface area contributed by atoms with Gasteiger partial charge in [0.2, 0.25) is 17.8 Å². The Labute approximate surface area is 492 Å². The Morgan fingerprint density at radius 1 is 0.855 bits per heavy atom. The van der Waals surface area contributed by atoms with Gasteiger partial charge in [-0.15, -0.1) is 11.3 Å². The number of aryl methyl sites for hydroxylation is 2. The molecule has 4 aromatic heterocycles. The number of likely N-dealkylation sites (tertiary alicyclic amines) is 2. The van der Waals surface area contributed by atoms with Crippen molar-refractivity contribution in [1.29, 1.82) is 0 Å². The molecule has 0 spiro atoms. The van der Waals surface area contributed by atoms with Gasteiger partial charge in [-0.05, 0) is 136 Å². The second-order valence-corrected chi connectivity index (χ2v) is 24.6. The molecule has 0 aliphatic carbocycles. The smallest absolute Gasteiger partial charge is 0.243 e. The lowest BCUT2D eigenvalue weighted by Gasteiger charge is -2.43. The molecular formula is C65H83FN12O4S. The summed E-state index contributed by atoms with van der Waals surface area (Å²) in [5, 5.41) is 24.5. The van der Waals surface area contributed by atoms with Crippen molar-refractivity contribution in [3.05, 3.63) is 101 Å². The van der Waals surface area contributed by atoms with E-state index >= 15 is 4.39 Å². The van der Waals surface area contributed by atoms with E-state index in [1.54, 1.807) is 34.6 Å². The third-order valence-corrected chi connectivity index (χ3v) is 18.9. The summed E-state index contributed by atoms with van der Waals surface area (Å²) in [4.78, 5) is 59.0. The topological polar surface area (TPSA) is 172 Å². The molecule has 3 N–H and O–H groups in total. The van der Waals surface area contributed by atoms with Crippen LogP contribution in [0.2, 0.25) is 0 Å². The molecule has 3 aromatic carbocycles. The van der Waals surface area contributed by atoms with Gasteiger partial charge in [-0.25, -0.2) is 14.4 Å². The number of carbonyl (C=O) groups is 2. The number of aromatic hydroxyl groups is 1. The van der Waals surface area contributed by atoms with Crippen molar-refractivity contribution in [2.75, 3.05) is 73.6 Å². The predicted molar refractivity (Wildman–Crippen MR) is 330 cm³/mol. The molecule has 5 unspecified atom stereocenters. The summed E-state index contributed by atoms with van der Waals surface area (Å²) in [5.74, 6) is 3.19. The van der Waals surface area contributed by atoms with Crippen LogP contribution in [0.4, 0.5) is 22.0 Å². The quantitative estimate of drug-likeness (QED) is 0.0939. The SMILES string of the molecule is CC.CCC.CCc1cccc2cc(O)cc(-c3ncc4c(N5CC6CCC(C5)N6)nc(N5CCC(N6CCC(CC7CN(c8cc(CC(=O)N9CCCC9C(=O)NC(C)c9ccc(-c%10scnc%10C)cc9)on8)C7)CC6)C5)nc4c3F)c12. The van der Waals surface area contributed by atoms with Crippen LogP contribution in [0.15, 0.2) is 76.9 Å². The Morgan fingerprint density at radius 3 is 2.34 bits per heavy atom. The zero-order valence-corrected chi connectivity index (χ0v) is 50.4. The van der Waals surface area contributed by atoms with Crippen LogP contribution in [0.25, 0.3) is 43.4 Å². The van der Waals surface area contributed by atoms with Crippen molar-refractivity contribution in [2.24, 2.45) is 11.8 Å². The third kappa shape index (κ3) is 12.3. The summed E-state index contributed by atoms with van der Waals surface area (Å²) in [6, 6.07) is 19.9. The number of phenolic OH excluding ortho intramolecular Hbond substituents is 1. The van der Waals surface area contributed by atoms with E-state index in [1.807, 2.05) is 63.5 Å². The Kier molecular flexibility index (Phi) is 17.9. The van der Waals surface area contributed by atoms with Gasteiger partial charge < -0.3 is 39.9 Å². The molecule has 2 amide bonds. The van der Waals surface area contributed by atoms with E-state index in [0.29, 0.717) is 65.6 Å². The molecule has 6 aliphatic rings. The highest BCUT2D eigenvalue weighted by atomic mass is 32.1. The van der Waals surface area contributed by atoms with E-state index in [4.69, 9.17) is 19.5 Å². The summed E-state index contributed by atoms with van der Waals surface area (Å²) >= 11 is 1.62. The lowest BCUT2D eigenvalue weighted by molar-refractivity contribution is -0.138. The molecule has 440 valence electrons. The van der Waals surface area contributed by atoms with Crippen molar-refractivity contribution in [2.45, 2.75) is 149 Å². The van der Waals surface area contributed by atoms with Crippen LogP contribution in [-0.2, 0) is 22.4 Å². The second kappa shape index (κ2) is 25.6. The van der Waals surface area contributed by atoms with Gasteiger partial charge in [-0.2, -0.15) is 4.98 Å². The average Bonchev–Trinajstić information content (AvgIpc) is 2.90. The number of rotatable bonds is 14. The Morgan fingerprint density at radius 2 is 1.61 bits per heavy atom. The maximum atomic E-state index is 17.4. The van der Waals surface area contributed by atoms with Gasteiger partial charge in [0.05, 0.1) is 33.9 Å². The van der Waals surface area contributed by atoms with Crippen LogP contribution in [0.1, 0.15) is 128 Å². The molecule has 5 atom stereocenters. The number of hydrogen-bond acceptors (Lipinski definition) is 15. The predicted octanol–water partition coefficient (Wildman–Crippen LogP) is 11.3. The summed E-state index contributed by atoms with van der Waals surface area (Å²) in [7, 11) is 0. The number of hydrogen-bond donors (Lipinski definition) is 3. The molecular weight excluding hydrogens is 1060 g/mol. The minimum Gasteiger partial charge on any atom is -0.508 e. The number of carbonyl (C=O) groups excluding carboxylic acids is 2. The van der Waals surface area contributed by atoms with Crippen molar-refractivity contribution in [1.82, 2.24) is 45.5 Å². The zero-order chi connectivity index (χ0) is 57.9. The zero-order valence-electron chi connectivity index (χ0n) is 49.5. The highest BCUT2D eigenvalue weighted by molar-refractivity contribution is 7.13. The number of nitrogens with zero attached hydrogens (tertiary/aromatic N) is 10. The first-order valence-corrected chi connectivity index (χ1v) is 31.7. The van der Waals surface area contributed by atoms with Crippen molar-refractivity contribution >= 4 is 62.4 Å². The number of aromatic nitrogens is 5. The lowest BCUT2D eigenvalue weighted by atomic mass is 9.83. The molecule has 7 aromatic rings. The number of piperidine rings is 1.